The van der Waals surface area contributed by atoms with Crippen LogP contribution in [-0.2, 0) is 6.18 Å². The van der Waals surface area contributed by atoms with Crippen molar-refractivity contribution in [3.63, 3.8) is 0 Å². The van der Waals surface area contributed by atoms with Crippen molar-refractivity contribution in [3.8, 4) is 0 Å². The van der Waals surface area contributed by atoms with Gasteiger partial charge in [-0.15, -0.1) is 0 Å². The first-order chi connectivity index (χ1) is 7.80. The summed E-state index contributed by atoms with van der Waals surface area (Å²) in [5, 5.41) is 2.80. The van der Waals surface area contributed by atoms with Crippen LogP contribution in [0.4, 0.5) is 19.0 Å². The number of allylic oxidation sites excluding steroid dienone is 1. The van der Waals surface area contributed by atoms with Crippen molar-refractivity contribution in [2.45, 2.75) is 20.0 Å². The first-order valence-corrected chi connectivity index (χ1v) is 5.28. The summed E-state index contributed by atoms with van der Waals surface area (Å²) < 4.78 is 37.0. The smallest absolute Gasteiger partial charge is 0.365 e. The first kappa shape index (κ1) is 13.8. The van der Waals surface area contributed by atoms with Crippen LogP contribution < -0.4 is 5.32 Å². The second-order valence-corrected chi connectivity index (χ2v) is 4.12. The molecule has 0 bridgehead atoms. The number of nitrogens with zero attached hydrogens (tertiary/aromatic N) is 1. The molecular formula is C11H12ClF3N2. The van der Waals surface area contributed by atoms with Gasteiger partial charge in [0.2, 0.25) is 0 Å². The molecule has 1 aromatic rings. The number of hydrogen-bond donors (Lipinski definition) is 1. The minimum absolute atomic E-state index is 0.0398. The molecule has 0 saturated carbocycles. The lowest BCUT2D eigenvalue weighted by Gasteiger charge is -2.09. The molecule has 0 spiro atoms. The van der Waals surface area contributed by atoms with Crippen LogP contribution in [0, 0.1) is 0 Å². The fourth-order valence-electron chi connectivity index (χ4n) is 1.07. The highest BCUT2D eigenvalue weighted by molar-refractivity contribution is 6.32. The molecule has 1 heterocycles. The van der Waals surface area contributed by atoms with E-state index in [1.165, 1.54) is 0 Å². The second-order valence-electron chi connectivity index (χ2n) is 3.71. The number of rotatable bonds is 3. The van der Waals surface area contributed by atoms with Crippen molar-refractivity contribution in [1.82, 2.24) is 4.98 Å². The quantitative estimate of drug-likeness (QED) is 0.830. The van der Waals surface area contributed by atoms with Crippen LogP contribution in [0.1, 0.15) is 19.4 Å². The van der Waals surface area contributed by atoms with E-state index in [-0.39, 0.29) is 10.8 Å². The van der Waals surface area contributed by atoms with Gasteiger partial charge in [-0.3, -0.25) is 0 Å². The predicted molar refractivity (Wildman–Crippen MR) is 62.2 cm³/mol. The summed E-state index contributed by atoms with van der Waals surface area (Å²) in [6, 6.07) is 0.861. The molecule has 0 radical (unpaired) electrons. The largest absolute Gasteiger partial charge is 0.417 e. The average molecular weight is 265 g/mol. The van der Waals surface area contributed by atoms with Crippen LogP contribution in [0.15, 0.2) is 23.9 Å². The molecule has 2 nitrogen and oxygen atoms in total. The fourth-order valence-corrected chi connectivity index (χ4v) is 1.31. The zero-order valence-electron chi connectivity index (χ0n) is 9.40. The molecule has 0 unspecified atom stereocenters. The third kappa shape index (κ3) is 4.26. The van der Waals surface area contributed by atoms with Crippen LogP contribution in [0.3, 0.4) is 0 Å². The number of hydrogen-bond acceptors (Lipinski definition) is 2. The van der Waals surface area contributed by atoms with Crippen molar-refractivity contribution >= 4 is 17.4 Å². The van der Waals surface area contributed by atoms with E-state index in [1.807, 2.05) is 19.9 Å². The lowest BCUT2D eigenvalue weighted by molar-refractivity contribution is -0.137. The molecule has 0 atom stereocenters. The van der Waals surface area contributed by atoms with E-state index < -0.39 is 11.7 Å². The molecular weight excluding hydrogens is 253 g/mol. The van der Waals surface area contributed by atoms with E-state index >= 15 is 0 Å². The maximum Gasteiger partial charge on any atom is 0.417 e. The van der Waals surface area contributed by atoms with Gasteiger partial charge in [0, 0.05) is 12.7 Å². The molecule has 0 fully saturated rings. The lowest BCUT2D eigenvalue weighted by atomic mass is 10.2. The van der Waals surface area contributed by atoms with E-state index in [0.717, 1.165) is 17.8 Å². The number of aromatic nitrogens is 1. The van der Waals surface area contributed by atoms with E-state index in [0.29, 0.717) is 6.54 Å². The summed E-state index contributed by atoms with van der Waals surface area (Å²) in [5.74, 6) is 0.247. The minimum atomic E-state index is -4.42. The highest BCUT2D eigenvalue weighted by atomic mass is 35.5. The van der Waals surface area contributed by atoms with Gasteiger partial charge in [0.05, 0.1) is 10.6 Å². The van der Waals surface area contributed by atoms with E-state index in [9.17, 15) is 13.2 Å². The van der Waals surface area contributed by atoms with E-state index in [2.05, 4.69) is 10.3 Å². The zero-order chi connectivity index (χ0) is 13.1. The van der Waals surface area contributed by atoms with Crippen LogP contribution in [0.25, 0.3) is 0 Å². The van der Waals surface area contributed by atoms with Gasteiger partial charge >= 0.3 is 6.18 Å². The molecule has 1 rings (SSSR count). The van der Waals surface area contributed by atoms with Gasteiger partial charge in [-0.25, -0.2) is 4.98 Å². The molecule has 0 aliphatic carbocycles. The topological polar surface area (TPSA) is 24.9 Å². The molecule has 1 aromatic heterocycles. The Morgan fingerprint density at radius 3 is 2.59 bits per heavy atom. The van der Waals surface area contributed by atoms with Crippen molar-refractivity contribution in [3.05, 3.63) is 34.5 Å². The highest BCUT2D eigenvalue weighted by Crippen LogP contribution is 2.32. The second kappa shape index (κ2) is 5.40. The van der Waals surface area contributed by atoms with Gasteiger partial charge in [-0.1, -0.05) is 23.3 Å². The van der Waals surface area contributed by atoms with Crippen LogP contribution in [0.5, 0.6) is 0 Å². The van der Waals surface area contributed by atoms with Gasteiger partial charge in [0.25, 0.3) is 0 Å². The van der Waals surface area contributed by atoms with Crippen molar-refractivity contribution in [2.75, 3.05) is 11.9 Å². The third-order valence-corrected chi connectivity index (χ3v) is 2.24. The molecule has 94 valence electrons. The zero-order valence-corrected chi connectivity index (χ0v) is 10.2. The number of halogens is 4. The van der Waals surface area contributed by atoms with E-state index in [1.54, 1.807) is 0 Å². The Balaban J connectivity index is 2.80. The van der Waals surface area contributed by atoms with Crippen LogP contribution >= 0.6 is 11.6 Å². The first-order valence-electron chi connectivity index (χ1n) is 4.90. The summed E-state index contributed by atoms with van der Waals surface area (Å²) in [7, 11) is 0. The minimum Gasteiger partial charge on any atom is -0.365 e. The molecule has 17 heavy (non-hydrogen) atoms. The fraction of sp³-hybridized carbons (Fsp3) is 0.364. The van der Waals surface area contributed by atoms with Gasteiger partial charge in [0.1, 0.15) is 5.82 Å². The third-order valence-electron chi connectivity index (χ3n) is 1.95. The van der Waals surface area contributed by atoms with Crippen LogP contribution in [-0.4, -0.2) is 11.5 Å². The molecule has 1 N–H and O–H groups in total. The number of alkyl halides is 3. The molecule has 0 aromatic carbocycles. The summed E-state index contributed by atoms with van der Waals surface area (Å²) in [4.78, 5) is 3.65. The van der Waals surface area contributed by atoms with Gasteiger partial charge in [-0.05, 0) is 19.9 Å². The van der Waals surface area contributed by atoms with Crippen LogP contribution in [0.2, 0.25) is 5.02 Å². The Hall–Kier alpha value is -1.23. The summed E-state index contributed by atoms with van der Waals surface area (Å²) in [5.41, 5.74) is 0.246. The molecule has 0 aliphatic rings. The standard InChI is InChI=1S/C11H12ClF3N2/c1-7(2)3-4-16-10-9(12)5-8(6-17-10)11(13,14)15/h3,5-6H,4H2,1-2H3,(H,16,17). The van der Waals surface area contributed by atoms with Gasteiger partial charge in [0.15, 0.2) is 0 Å². The number of pyridine rings is 1. The van der Waals surface area contributed by atoms with Crippen molar-refractivity contribution < 1.29 is 13.2 Å². The highest BCUT2D eigenvalue weighted by Gasteiger charge is 2.31. The Bertz CT molecular complexity index is 423. The van der Waals surface area contributed by atoms with Crippen molar-refractivity contribution in [1.29, 1.82) is 0 Å². The Morgan fingerprint density at radius 1 is 1.47 bits per heavy atom. The molecule has 0 aliphatic heterocycles. The number of anilines is 1. The molecule has 0 amide bonds. The Morgan fingerprint density at radius 2 is 2.12 bits per heavy atom. The average Bonchev–Trinajstić information content (AvgIpc) is 2.18. The SMILES string of the molecule is CC(C)=CCNc1ncc(C(F)(F)F)cc1Cl. The lowest BCUT2D eigenvalue weighted by Crippen LogP contribution is -2.08. The predicted octanol–water partition coefficient (Wildman–Crippen LogP) is 4.13. The Labute approximate surface area is 103 Å². The summed E-state index contributed by atoms with van der Waals surface area (Å²) >= 11 is 5.71. The summed E-state index contributed by atoms with van der Waals surface area (Å²) in [6.07, 6.45) is -1.78. The van der Waals surface area contributed by atoms with Crippen molar-refractivity contribution in [2.24, 2.45) is 0 Å². The maximum atomic E-state index is 12.3. The molecule has 6 heteroatoms. The van der Waals surface area contributed by atoms with E-state index in [4.69, 9.17) is 11.6 Å². The molecule has 0 saturated heterocycles. The monoisotopic (exact) mass is 264 g/mol. The Kier molecular flexibility index (Phi) is 4.40. The normalized spacial score (nSPS) is 11.2. The van der Waals surface area contributed by atoms with Gasteiger partial charge < -0.3 is 5.32 Å². The number of nitrogens with one attached hydrogen (secondary N) is 1. The summed E-state index contributed by atoms with van der Waals surface area (Å²) in [6.45, 7) is 4.31. The van der Waals surface area contributed by atoms with Gasteiger partial charge in [-0.2, -0.15) is 13.2 Å². The maximum absolute atomic E-state index is 12.3.